The molecule has 2 aromatic heterocycles. The Hall–Kier alpha value is -4.53. The van der Waals surface area contributed by atoms with E-state index < -0.39 is 23.2 Å². The minimum absolute atomic E-state index is 0.00841. The first-order chi connectivity index (χ1) is 18.4. The number of anilines is 4. The molecule has 3 heterocycles. The van der Waals surface area contributed by atoms with Crippen LogP contribution in [-0.4, -0.2) is 41.6 Å². The highest BCUT2D eigenvalue weighted by Gasteiger charge is 2.29. The van der Waals surface area contributed by atoms with Crippen molar-refractivity contribution in [2.24, 2.45) is 0 Å². The lowest BCUT2D eigenvalue weighted by Crippen LogP contribution is -2.28. The van der Waals surface area contributed by atoms with Crippen molar-refractivity contribution in [3.05, 3.63) is 90.4 Å². The van der Waals surface area contributed by atoms with Crippen molar-refractivity contribution in [1.82, 2.24) is 15.0 Å². The van der Waals surface area contributed by atoms with Crippen LogP contribution < -0.4 is 20.8 Å². The summed E-state index contributed by atoms with van der Waals surface area (Å²) in [7, 11) is -5.37. The molecule has 0 unspecified atom stereocenters. The predicted molar refractivity (Wildman–Crippen MR) is 139 cm³/mol. The number of pyridine rings is 1. The molecule has 0 spiro atoms. The number of carbonyl (C=O) groups is 1. The number of fused-ring (bicyclic) bond motifs is 1. The van der Waals surface area contributed by atoms with Crippen molar-refractivity contribution >= 4 is 51.7 Å². The highest BCUT2D eigenvalue weighted by Crippen LogP contribution is 2.27. The highest BCUT2D eigenvalue weighted by molar-refractivity contribution is 7.92. The van der Waals surface area contributed by atoms with Crippen molar-refractivity contribution in [3.63, 3.8) is 0 Å². The number of aromatic nitrogens is 3. The van der Waals surface area contributed by atoms with E-state index in [4.69, 9.17) is 9.39 Å². The molecule has 2 aromatic carbocycles. The molecule has 5 rings (SSSR count). The first-order valence-electron chi connectivity index (χ1n) is 11.3. The normalized spacial score (nSPS) is 12.5. The summed E-state index contributed by atoms with van der Waals surface area (Å²) in [6.07, 6.45) is 3.41. The number of ether oxygens (including phenoxy) is 1. The van der Waals surface area contributed by atoms with E-state index in [9.17, 15) is 18.2 Å². The van der Waals surface area contributed by atoms with Crippen LogP contribution in [0.25, 0.3) is 0 Å². The van der Waals surface area contributed by atoms with Crippen molar-refractivity contribution < 1.29 is 27.6 Å². The third-order valence-corrected chi connectivity index (χ3v) is 6.78. The number of carbonyl (C=O) groups excluding carboxylic acids is 1. The molecule has 192 valence electrons. The summed E-state index contributed by atoms with van der Waals surface area (Å²) in [6, 6.07) is 16.9. The molecule has 1 aliphatic heterocycles. The molecule has 0 aliphatic carbocycles. The zero-order valence-electron chi connectivity index (χ0n) is 19.7. The first kappa shape index (κ1) is 25.1. The lowest BCUT2D eigenvalue weighted by atomic mass is 9.79. The molecule has 1 aliphatic rings. The lowest BCUT2D eigenvalue weighted by Gasteiger charge is -2.15. The summed E-state index contributed by atoms with van der Waals surface area (Å²) in [5.74, 6) is 0.118. The molecule has 0 bridgehead atoms. The summed E-state index contributed by atoms with van der Waals surface area (Å²) in [5, 5.41) is 15.0. The molecule has 0 saturated carbocycles. The summed E-state index contributed by atoms with van der Waals surface area (Å²) >= 11 is 0. The van der Waals surface area contributed by atoms with E-state index in [1.165, 1.54) is 30.7 Å². The Labute approximate surface area is 218 Å². The van der Waals surface area contributed by atoms with Gasteiger partial charge in [-0.25, -0.2) is 19.7 Å². The maximum absolute atomic E-state index is 13.3. The average molecular weight is 532 g/mol. The summed E-state index contributed by atoms with van der Waals surface area (Å²) in [4.78, 5) is 24.5. The summed E-state index contributed by atoms with van der Waals surface area (Å²) in [5.41, 5.74) is 2.44. The number of rotatable bonds is 8. The molecule has 1 amide bonds. The molecular weight excluding hydrogens is 511 g/mol. The van der Waals surface area contributed by atoms with Crippen LogP contribution in [0.3, 0.4) is 0 Å². The maximum Gasteiger partial charge on any atom is 0.491 e. The van der Waals surface area contributed by atoms with Crippen molar-refractivity contribution in [2.75, 3.05) is 15.4 Å². The monoisotopic (exact) mass is 532 g/mol. The lowest BCUT2D eigenvalue weighted by molar-refractivity contribution is 0.155. The predicted octanol–water partition coefficient (Wildman–Crippen LogP) is 2.38. The van der Waals surface area contributed by atoms with Gasteiger partial charge in [-0.1, -0.05) is 36.4 Å². The van der Waals surface area contributed by atoms with Gasteiger partial charge < -0.3 is 19.7 Å². The van der Waals surface area contributed by atoms with E-state index in [0.29, 0.717) is 5.46 Å². The van der Waals surface area contributed by atoms with Crippen molar-refractivity contribution in [3.8, 4) is 0 Å². The maximum atomic E-state index is 13.3. The Bertz CT molecular complexity index is 1560. The fourth-order valence-electron chi connectivity index (χ4n) is 3.67. The minimum atomic E-state index is -4.24. The van der Waals surface area contributed by atoms with E-state index >= 15 is 0 Å². The summed E-state index contributed by atoms with van der Waals surface area (Å²) in [6.45, 7) is 0.290. The first-order valence-corrected chi connectivity index (χ1v) is 12.8. The standard InChI is InChI=1S/C24H21BN6O6S/c32-24(36-14-16-5-2-1-3-6-16)29-19-12-21(30-23-26-9-4-10-27-23)22(28-13-19)38(34,35)31-18-8-7-17-15-37-25(33)20(17)11-18/h1-13,31,33H,14-15H2,(H,29,32)(H,26,27,30). The topological polar surface area (TPSA) is 165 Å². The van der Waals surface area contributed by atoms with Crippen LogP contribution in [0.4, 0.5) is 27.8 Å². The zero-order valence-corrected chi connectivity index (χ0v) is 20.6. The quantitative estimate of drug-likeness (QED) is 0.248. The van der Waals surface area contributed by atoms with Crippen LogP contribution in [-0.2, 0) is 32.6 Å². The van der Waals surface area contributed by atoms with E-state index in [0.717, 1.165) is 11.1 Å². The van der Waals surface area contributed by atoms with Gasteiger partial charge in [-0.2, -0.15) is 8.42 Å². The average Bonchev–Trinajstić information content (AvgIpc) is 3.28. The Morgan fingerprint density at radius 3 is 2.61 bits per heavy atom. The van der Waals surface area contributed by atoms with Crippen LogP contribution in [0.15, 0.2) is 84.3 Å². The number of sulfonamides is 1. The van der Waals surface area contributed by atoms with Crippen LogP contribution in [0.5, 0.6) is 0 Å². The molecular formula is C24H21BN6O6S. The molecule has 4 aromatic rings. The second kappa shape index (κ2) is 10.8. The number of benzene rings is 2. The largest absolute Gasteiger partial charge is 0.491 e. The van der Waals surface area contributed by atoms with Crippen molar-refractivity contribution in [1.29, 1.82) is 0 Å². The number of hydrogen-bond donors (Lipinski definition) is 4. The van der Waals surface area contributed by atoms with Gasteiger partial charge in [0.25, 0.3) is 10.0 Å². The van der Waals surface area contributed by atoms with E-state index in [1.54, 1.807) is 18.2 Å². The fraction of sp³-hybridized carbons (Fsp3) is 0.0833. The molecule has 12 nitrogen and oxygen atoms in total. The number of hydrogen-bond acceptors (Lipinski definition) is 10. The van der Waals surface area contributed by atoms with Crippen LogP contribution in [0.1, 0.15) is 11.1 Å². The molecule has 14 heteroatoms. The third kappa shape index (κ3) is 5.89. The van der Waals surface area contributed by atoms with E-state index in [1.807, 2.05) is 30.3 Å². The molecule has 38 heavy (non-hydrogen) atoms. The molecule has 4 N–H and O–H groups in total. The van der Waals surface area contributed by atoms with E-state index in [-0.39, 0.29) is 41.3 Å². The van der Waals surface area contributed by atoms with Gasteiger partial charge in [-0.3, -0.25) is 10.0 Å². The Balaban J connectivity index is 1.39. The molecule has 0 fully saturated rings. The van der Waals surface area contributed by atoms with E-state index in [2.05, 4.69) is 30.3 Å². The number of amides is 1. The third-order valence-electron chi connectivity index (χ3n) is 5.44. The van der Waals surface area contributed by atoms with Gasteiger partial charge >= 0.3 is 13.2 Å². The molecule has 0 atom stereocenters. The Morgan fingerprint density at radius 2 is 1.82 bits per heavy atom. The number of nitrogens with zero attached hydrogens (tertiary/aromatic N) is 3. The highest BCUT2D eigenvalue weighted by atomic mass is 32.2. The fourth-order valence-corrected chi connectivity index (χ4v) is 4.79. The van der Waals surface area contributed by atoms with Crippen LogP contribution in [0.2, 0.25) is 0 Å². The van der Waals surface area contributed by atoms with Crippen LogP contribution in [0, 0.1) is 0 Å². The number of nitrogens with one attached hydrogen (secondary N) is 3. The SMILES string of the molecule is O=C(Nc1cnc(S(=O)(=O)Nc2ccc3c(c2)B(O)OC3)c(Nc2ncccn2)c1)OCc1ccccc1. The smallest absolute Gasteiger partial charge is 0.444 e. The van der Waals surface area contributed by atoms with Gasteiger partial charge in [-0.15, -0.1) is 0 Å². The zero-order chi connectivity index (χ0) is 26.5. The Morgan fingerprint density at radius 1 is 1.03 bits per heavy atom. The van der Waals surface area contributed by atoms with Crippen molar-refractivity contribution in [2.45, 2.75) is 18.2 Å². The van der Waals surface area contributed by atoms with Gasteiger partial charge in [-0.05, 0) is 40.9 Å². The molecule has 0 saturated heterocycles. The second-order valence-corrected chi connectivity index (χ2v) is 9.74. The van der Waals surface area contributed by atoms with Gasteiger partial charge in [0.2, 0.25) is 5.95 Å². The van der Waals surface area contributed by atoms with Crippen LogP contribution >= 0.6 is 0 Å². The van der Waals surface area contributed by atoms with Gasteiger partial charge in [0.1, 0.15) is 6.61 Å². The van der Waals surface area contributed by atoms with Gasteiger partial charge in [0.05, 0.1) is 24.2 Å². The Kier molecular flexibility index (Phi) is 7.17. The second-order valence-electron chi connectivity index (χ2n) is 8.14. The van der Waals surface area contributed by atoms with Gasteiger partial charge in [0, 0.05) is 18.1 Å². The summed E-state index contributed by atoms with van der Waals surface area (Å²) < 4.78 is 39.5. The molecule has 0 radical (unpaired) electrons. The van der Waals surface area contributed by atoms with Gasteiger partial charge in [0.15, 0.2) is 5.03 Å². The minimum Gasteiger partial charge on any atom is -0.444 e.